The van der Waals surface area contributed by atoms with Crippen LogP contribution in [0.25, 0.3) is 32.8 Å². The quantitative estimate of drug-likeness (QED) is 0.154. The van der Waals surface area contributed by atoms with Crippen LogP contribution < -0.4 is 15.0 Å². The van der Waals surface area contributed by atoms with Gasteiger partial charge in [-0.2, -0.15) is 23.1 Å². The highest BCUT2D eigenvalue weighted by Gasteiger charge is 2.49. The molecule has 1 spiro atoms. The summed E-state index contributed by atoms with van der Waals surface area (Å²) in [4.78, 5) is 13.6. The van der Waals surface area contributed by atoms with E-state index in [2.05, 4.69) is 21.1 Å². The molecule has 9 rings (SSSR count). The van der Waals surface area contributed by atoms with Crippen LogP contribution >= 0.6 is 0 Å². The number of phenols is 1. The highest BCUT2D eigenvalue weighted by atomic mass is 19.4. The summed E-state index contributed by atoms with van der Waals surface area (Å²) in [6.45, 7) is 4.28. The zero-order valence-corrected chi connectivity index (χ0v) is 28.1. The van der Waals surface area contributed by atoms with Gasteiger partial charge in [-0.15, -0.1) is 6.42 Å². The summed E-state index contributed by atoms with van der Waals surface area (Å²) in [5.74, 6) is -0.184. The highest BCUT2D eigenvalue weighted by molar-refractivity contribution is 6.05. The predicted molar refractivity (Wildman–Crippen MR) is 184 cm³/mol. The van der Waals surface area contributed by atoms with Crippen LogP contribution in [-0.2, 0) is 6.18 Å². The van der Waals surface area contributed by atoms with E-state index in [0.717, 1.165) is 63.5 Å². The van der Waals surface area contributed by atoms with Crippen molar-refractivity contribution in [3.05, 3.63) is 53.1 Å². The first-order chi connectivity index (χ1) is 24.4. The first-order valence-electron chi connectivity index (χ1n) is 17.8. The number of hydrogen-bond donors (Lipinski definition) is 2. The molecule has 2 saturated carbocycles. The summed E-state index contributed by atoms with van der Waals surface area (Å²) >= 11 is 0. The van der Waals surface area contributed by atoms with Gasteiger partial charge in [0.2, 0.25) is 0 Å². The lowest BCUT2D eigenvalue weighted by atomic mass is 9.89. The second-order valence-corrected chi connectivity index (χ2v) is 15.6. The van der Waals surface area contributed by atoms with E-state index >= 15 is 17.6 Å². The van der Waals surface area contributed by atoms with E-state index in [0.29, 0.717) is 25.1 Å². The average Bonchev–Trinajstić information content (AvgIpc) is 4.02. The van der Waals surface area contributed by atoms with Crippen molar-refractivity contribution in [3.8, 4) is 35.2 Å². The molecule has 0 amide bonds. The smallest absolute Gasteiger partial charge is 0.417 e. The Morgan fingerprint density at radius 2 is 1.71 bits per heavy atom. The summed E-state index contributed by atoms with van der Waals surface area (Å²) in [7, 11) is 0. The van der Waals surface area contributed by atoms with E-state index in [4.69, 9.17) is 16.1 Å². The number of anilines is 1. The largest absolute Gasteiger partial charge is 0.508 e. The lowest BCUT2D eigenvalue weighted by Crippen LogP contribution is -2.51. The summed E-state index contributed by atoms with van der Waals surface area (Å²) in [5.41, 5.74) is -2.79. The molecule has 0 radical (unpaired) electrons. The Kier molecular flexibility index (Phi) is 7.47. The fourth-order valence-corrected chi connectivity index (χ4v) is 8.80. The molecule has 2 aliphatic carbocycles. The highest BCUT2D eigenvalue weighted by Crippen LogP contribution is 2.55. The molecule has 3 saturated heterocycles. The molecule has 5 fully saturated rings. The van der Waals surface area contributed by atoms with Crippen molar-refractivity contribution in [1.29, 1.82) is 0 Å². The summed E-state index contributed by atoms with van der Waals surface area (Å²) in [5, 5.41) is 14.1. The number of aromatic nitrogens is 2. The maximum Gasteiger partial charge on any atom is 0.417 e. The van der Waals surface area contributed by atoms with Crippen molar-refractivity contribution >= 4 is 27.5 Å². The summed E-state index contributed by atoms with van der Waals surface area (Å²) in [6, 6.07) is 5.58. The number of alkyl halides is 3. The Labute approximate surface area is 292 Å². The third-order valence-electron chi connectivity index (χ3n) is 12.1. The number of piperidine rings is 1. The van der Waals surface area contributed by atoms with Crippen molar-refractivity contribution < 1.29 is 31.8 Å². The zero-order valence-electron chi connectivity index (χ0n) is 28.1. The molecule has 4 heterocycles. The molecule has 266 valence electrons. The lowest BCUT2D eigenvalue weighted by Gasteiger charge is -2.35. The third kappa shape index (κ3) is 5.82. The monoisotopic (exact) mass is 703 g/mol. The number of likely N-dealkylation sites (tertiary alicyclic amines) is 1. The number of terminal acetylenes is 1. The van der Waals surface area contributed by atoms with Gasteiger partial charge in [0, 0.05) is 53.5 Å². The maximum atomic E-state index is 17.2. The number of benzene rings is 3. The molecule has 2 unspecified atom stereocenters. The van der Waals surface area contributed by atoms with E-state index in [1.807, 2.05) is 4.90 Å². The van der Waals surface area contributed by atoms with Gasteiger partial charge < -0.3 is 25.0 Å². The third-order valence-corrected chi connectivity index (χ3v) is 12.1. The number of ether oxygens (including phenoxy) is 1. The Balaban J connectivity index is 1.17. The number of rotatable bonds is 7. The van der Waals surface area contributed by atoms with Gasteiger partial charge in [-0.25, -0.2) is 8.78 Å². The standard InChI is InChI=1S/C39H38F5N5O2/c1-2-26-30(40)6-3-22-15-25(50)16-27(31(22)26)32-29(39(42,43)44)17-28-34(33(32)41)46-36(47-35(28)49-18-23-4-5-24(19-49)45-23)51-21-38(9-10-38)20-48-13-11-37(7-8-37)12-14-48/h1,3,6,15-17,23-24,45,50H,4-5,7-14,18-21H2. The Hall–Kier alpha value is -4.21. The first-order valence-corrected chi connectivity index (χ1v) is 17.8. The molecular formula is C39H38F5N5O2. The maximum absolute atomic E-state index is 17.2. The average molecular weight is 704 g/mol. The SMILES string of the molecule is C#Cc1c(F)ccc2cc(O)cc(-c3c(C(F)(F)F)cc4c(N5CC6CCC(C5)N6)nc(OCC5(CN6CCC7(CC6)CC7)CC5)nc4c3F)c12. The van der Waals surface area contributed by atoms with Gasteiger partial charge in [-0.1, -0.05) is 12.0 Å². The van der Waals surface area contributed by atoms with Gasteiger partial charge in [0.25, 0.3) is 0 Å². The molecule has 3 aromatic carbocycles. The minimum absolute atomic E-state index is 0.0826. The molecule has 7 nitrogen and oxygen atoms in total. The number of aromatic hydroxyl groups is 1. The van der Waals surface area contributed by atoms with Gasteiger partial charge in [0.1, 0.15) is 22.9 Å². The van der Waals surface area contributed by atoms with Crippen LogP contribution in [0.2, 0.25) is 0 Å². The Morgan fingerprint density at radius 3 is 2.35 bits per heavy atom. The van der Waals surface area contributed by atoms with Gasteiger partial charge in [0.05, 0.1) is 17.7 Å². The summed E-state index contributed by atoms with van der Waals surface area (Å²) in [6.07, 6.45) is 9.47. The zero-order chi connectivity index (χ0) is 35.3. The molecule has 4 aromatic rings. The van der Waals surface area contributed by atoms with Crippen LogP contribution in [0.5, 0.6) is 11.8 Å². The molecule has 2 atom stereocenters. The van der Waals surface area contributed by atoms with Gasteiger partial charge >= 0.3 is 12.2 Å². The number of hydrogen-bond acceptors (Lipinski definition) is 7. The van der Waals surface area contributed by atoms with Gasteiger partial charge in [-0.05, 0) is 105 Å². The van der Waals surface area contributed by atoms with Crippen LogP contribution in [0, 0.1) is 34.8 Å². The van der Waals surface area contributed by atoms with Crippen molar-refractivity contribution in [2.75, 3.05) is 44.2 Å². The number of nitrogens with zero attached hydrogens (tertiary/aromatic N) is 4. The second kappa shape index (κ2) is 11.7. The van der Waals surface area contributed by atoms with E-state index in [9.17, 15) is 9.50 Å². The molecule has 1 aromatic heterocycles. The van der Waals surface area contributed by atoms with E-state index in [1.54, 1.807) is 0 Å². The lowest BCUT2D eigenvalue weighted by molar-refractivity contribution is -0.137. The Bertz CT molecular complexity index is 2100. The first kappa shape index (κ1) is 32.7. The van der Waals surface area contributed by atoms with Crippen molar-refractivity contribution in [2.24, 2.45) is 10.8 Å². The molecule has 12 heteroatoms. The molecule has 2 N–H and O–H groups in total. The minimum Gasteiger partial charge on any atom is -0.508 e. The molecule has 2 bridgehead atoms. The number of halogens is 5. The number of piperazine rings is 1. The van der Waals surface area contributed by atoms with Crippen LogP contribution in [-0.4, -0.2) is 71.4 Å². The normalized spacial score (nSPS) is 23.6. The molecular weight excluding hydrogens is 665 g/mol. The minimum atomic E-state index is -5.05. The van der Waals surface area contributed by atoms with Gasteiger partial charge in [-0.3, -0.25) is 0 Å². The fourth-order valence-electron chi connectivity index (χ4n) is 8.80. The van der Waals surface area contributed by atoms with Crippen LogP contribution in [0.1, 0.15) is 62.5 Å². The Morgan fingerprint density at radius 1 is 0.980 bits per heavy atom. The van der Waals surface area contributed by atoms with Gasteiger partial charge in [0.15, 0.2) is 5.82 Å². The summed E-state index contributed by atoms with van der Waals surface area (Å²) < 4.78 is 83.6. The van der Waals surface area contributed by atoms with Crippen molar-refractivity contribution in [1.82, 2.24) is 20.2 Å². The van der Waals surface area contributed by atoms with E-state index < -0.39 is 40.3 Å². The van der Waals surface area contributed by atoms with E-state index in [-0.39, 0.29) is 56.6 Å². The predicted octanol–water partition coefficient (Wildman–Crippen LogP) is 7.41. The van der Waals surface area contributed by atoms with Crippen molar-refractivity contribution in [3.63, 3.8) is 0 Å². The molecule has 51 heavy (non-hydrogen) atoms. The van der Waals surface area contributed by atoms with E-state index in [1.165, 1.54) is 37.8 Å². The van der Waals surface area contributed by atoms with Crippen LogP contribution in [0.3, 0.4) is 0 Å². The number of fused-ring (bicyclic) bond motifs is 4. The second-order valence-electron chi connectivity index (χ2n) is 15.6. The van der Waals surface area contributed by atoms with Crippen molar-refractivity contribution in [2.45, 2.75) is 69.6 Å². The van der Waals surface area contributed by atoms with Crippen LogP contribution in [0.4, 0.5) is 27.8 Å². The number of nitrogens with one attached hydrogen (secondary N) is 1. The molecule has 5 aliphatic rings. The number of phenolic OH excluding ortho intramolecular Hbond substituents is 1. The fraction of sp³-hybridized carbons (Fsp3) is 0.487. The van der Waals surface area contributed by atoms with Crippen LogP contribution in [0.15, 0.2) is 30.3 Å². The molecule has 3 aliphatic heterocycles. The topological polar surface area (TPSA) is 73.8 Å².